The van der Waals surface area contributed by atoms with Crippen LogP contribution in [0.5, 0.6) is 5.88 Å². The number of ether oxygens (including phenoxy) is 2. The maximum atomic E-state index is 12.7. The molecular formula is C19H19N3O4. The second-order valence-corrected chi connectivity index (χ2v) is 5.62. The van der Waals surface area contributed by atoms with E-state index in [1.165, 1.54) is 13.3 Å². The minimum Gasteiger partial charge on any atom is -0.481 e. The number of carbonyl (C=O) groups is 2. The molecule has 1 aromatic carbocycles. The smallest absolute Gasteiger partial charge is 0.296 e. The lowest BCUT2D eigenvalue weighted by molar-refractivity contribution is -0.112. The predicted octanol–water partition coefficient (Wildman–Crippen LogP) is 2.51. The van der Waals surface area contributed by atoms with E-state index < -0.39 is 11.7 Å². The highest BCUT2D eigenvalue weighted by Crippen LogP contribution is 2.22. The first kappa shape index (κ1) is 17.6. The molecule has 2 aromatic heterocycles. The fraction of sp³-hybridized carbons (Fsp3) is 0.211. The summed E-state index contributed by atoms with van der Waals surface area (Å²) in [4.78, 5) is 29.1. The van der Waals surface area contributed by atoms with E-state index in [2.05, 4.69) is 10.3 Å². The number of rotatable bonds is 7. The number of hydrogen-bond acceptors (Lipinski definition) is 5. The molecule has 0 aliphatic heterocycles. The maximum absolute atomic E-state index is 12.7. The number of Topliss-reactive ketones (excluding diaryl/α,β-unsaturated/α-hetero) is 1. The van der Waals surface area contributed by atoms with Gasteiger partial charge in [0.2, 0.25) is 5.88 Å². The van der Waals surface area contributed by atoms with Gasteiger partial charge in [-0.2, -0.15) is 0 Å². The Hall–Kier alpha value is -3.19. The van der Waals surface area contributed by atoms with Gasteiger partial charge >= 0.3 is 0 Å². The zero-order valence-electron chi connectivity index (χ0n) is 14.6. The van der Waals surface area contributed by atoms with E-state index in [1.54, 1.807) is 25.4 Å². The van der Waals surface area contributed by atoms with Crippen LogP contribution in [0.4, 0.5) is 5.69 Å². The highest BCUT2D eigenvalue weighted by atomic mass is 16.5. The number of nitrogens with zero attached hydrogens (tertiary/aromatic N) is 2. The van der Waals surface area contributed by atoms with Gasteiger partial charge in [-0.3, -0.25) is 9.59 Å². The molecule has 0 aliphatic rings. The van der Waals surface area contributed by atoms with Crippen molar-refractivity contribution in [2.45, 2.75) is 6.54 Å². The van der Waals surface area contributed by atoms with Gasteiger partial charge in [0, 0.05) is 36.8 Å². The van der Waals surface area contributed by atoms with Gasteiger partial charge in [0.15, 0.2) is 0 Å². The normalized spacial score (nSPS) is 10.7. The Morgan fingerprint density at radius 3 is 2.65 bits per heavy atom. The molecule has 0 fully saturated rings. The van der Waals surface area contributed by atoms with Gasteiger partial charge in [-0.05, 0) is 12.1 Å². The summed E-state index contributed by atoms with van der Waals surface area (Å²) in [5.74, 6) is -0.893. The quantitative estimate of drug-likeness (QED) is 0.521. The Morgan fingerprint density at radius 2 is 1.96 bits per heavy atom. The topological polar surface area (TPSA) is 82.5 Å². The molecule has 1 N–H and O–H groups in total. The molecule has 0 unspecified atom stereocenters. The molecule has 0 spiro atoms. The van der Waals surface area contributed by atoms with Gasteiger partial charge in [0.25, 0.3) is 11.7 Å². The summed E-state index contributed by atoms with van der Waals surface area (Å²) in [6, 6.07) is 10.7. The number of nitrogens with one attached hydrogen (secondary N) is 1. The van der Waals surface area contributed by atoms with Crippen molar-refractivity contribution in [3.8, 4) is 5.88 Å². The Balaban J connectivity index is 1.85. The van der Waals surface area contributed by atoms with Crippen molar-refractivity contribution < 1.29 is 19.1 Å². The second kappa shape index (κ2) is 7.79. The van der Waals surface area contributed by atoms with E-state index in [0.29, 0.717) is 30.3 Å². The fourth-order valence-corrected chi connectivity index (χ4v) is 2.69. The molecule has 0 bridgehead atoms. The number of anilines is 1. The number of benzene rings is 1. The number of amides is 1. The van der Waals surface area contributed by atoms with E-state index in [0.717, 1.165) is 10.9 Å². The molecule has 134 valence electrons. The standard InChI is InChI=1S/C19H19N3O4/c1-25-10-9-22-12-15(14-5-3-4-6-16(14)22)18(23)19(24)21-13-7-8-17(26-2)20-11-13/h3-8,11-12H,9-10H2,1-2H3,(H,21,24). The van der Waals surface area contributed by atoms with Crippen LogP contribution in [0, 0.1) is 0 Å². The van der Waals surface area contributed by atoms with Crippen molar-refractivity contribution in [2.24, 2.45) is 0 Å². The maximum Gasteiger partial charge on any atom is 0.296 e. The summed E-state index contributed by atoms with van der Waals surface area (Å²) in [5.41, 5.74) is 1.66. The van der Waals surface area contributed by atoms with Crippen molar-refractivity contribution >= 4 is 28.3 Å². The van der Waals surface area contributed by atoms with Gasteiger partial charge in [-0.15, -0.1) is 0 Å². The summed E-state index contributed by atoms with van der Waals surface area (Å²) in [6.45, 7) is 1.10. The summed E-state index contributed by atoms with van der Waals surface area (Å²) >= 11 is 0. The van der Waals surface area contributed by atoms with Crippen LogP contribution in [0.2, 0.25) is 0 Å². The van der Waals surface area contributed by atoms with Crippen molar-refractivity contribution in [3.05, 3.63) is 54.4 Å². The van der Waals surface area contributed by atoms with Gasteiger partial charge in [-0.25, -0.2) is 4.98 Å². The number of hydrogen-bond donors (Lipinski definition) is 1. The third-order valence-corrected chi connectivity index (χ3v) is 3.98. The lowest BCUT2D eigenvalue weighted by Crippen LogP contribution is -2.22. The fourth-order valence-electron chi connectivity index (χ4n) is 2.69. The molecular weight excluding hydrogens is 334 g/mol. The lowest BCUT2D eigenvalue weighted by Gasteiger charge is -2.04. The number of aromatic nitrogens is 2. The number of methoxy groups -OCH3 is 2. The SMILES string of the molecule is COCCn1cc(C(=O)C(=O)Nc2ccc(OC)nc2)c2ccccc21. The number of ketones is 1. The van der Waals surface area contributed by atoms with E-state index in [4.69, 9.17) is 9.47 Å². The first-order chi connectivity index (χ1) is 12.6. The Labute approximate surface area is 150 Å². The number of para-hydroxylation sites is 1. The molecule has 0 radical (unpaired) electrons. The number of pyridine rings is 1. The molecule has 7 heteroatoms. The minimum absolute atomic E-state index is 0.357. The van der Waals surface area contributed by atoms with Crippen molar-refractivity contribution in [3.63, 3.8) is 0 Å². The number of carbonyl (C=O) groups excluding carboxylic acids is 2. The van der Waals surface area contributed by atoms with Gasteiger partial charge in [-0.1, -0.05) is 18.2 Å². The average Bonchev–Trinajstić information content (AvgIpc) is 3.05. The first-order valence-corrected chi connectivity index (χ1v) is 8.06. The van der Waals surface area contributed by atoms with Gasteiger partial charge < -0.3 is 19.4 Å². The molecule has 3 aromatic rings. The van der Waals surface area contributed by atoms with Gasteiger partial charge in [0.1, 0.15) is 0 Å². The largest absolute Gasteiger partial charge is 0.481 e. The zero-order chi connectivity index (χ0) is 18.5. The Kier molecular flexibility index (Phi) is 5.28. The van der Waals surface area contributed by atoms with Crippen LogP contribution in [0.25, 0.3) is 10.9 Å². The van der Waals surface area contributed by atoms with Crippen LogP contribution in [0.15, 0.2) is 48.8 Å². The third kappa shape index (κ3) is 3.57. The molecule has 0 aliphatic carbocycles. The minimum atomic E-state index is -0.716. The zero-order valence-corrected chi connectivity index (χ0v) is 14.6. The summed E-state index contributed by atoms with van der Waals surface area (Å²) in [6.07, 6.45) is 3.13. The molecule has 0 saturated heterocycles. The predicted molar refractivity (Wildman–Crippen MR) is 97.6 cm³/mol. The lowest BCUT2D eigenvalue weighted by atomic mass is 10.1. The molecule has 3 rings (SSSR count). The summed E-state index contributed by atoms with van der Waals surface area (Å²) in [7, 11) is 3.12. The first-order valence-electron chi connectivity index (χ1n) is 8.06. The monoisotopic (exact) mass is 353 g/mol. The van der Waals surface area contributed by atoms with Crippen molar-refractivity contribution in [1.29, 1.82) is 0 Å². The second-order valence-electron chi connectivity index (χ2n) is 5.62. The molecule has 1 amide bonds. The van der Waals surface area contributed by atoms with Crippen LogP contribution in [-0.4, -0.2) is 42.1 Å². The summed E-state index contributed by atoms with van der Waals surface area (Å²) in [5, 5.41) is 3.30. The molecule has 0 saturated carbocycles. The molecule has 7 nitrogen and oxygen atoms in total. The number of fused-ring (bicyclic) bond motifs is 1. The average molecular weight is 353 g/mol. The molecule has 0 atom stereocenters. The van der Waals surface area contributed by atoms with Crippen molar-refractivity contribution in [1.82, 2.24) is 9.55 Å². The Morgan fingerprint density at radius 1 is 1.15 bits per heavy atom. The van der Waals surface area contributed by atoms with E-state index in [-0.39, 0.29) is 0 Å². The van der Waals surface area contributed by atoms with Crippen LogP contribution in [0.1, 0.15) is 10.4 Å². The third-order valence-electron chi connectivity index (χ3n) is 3.98. The van der Waals surface area contributed by atoms with Gasteiger partial charge in [0.05, 0.1) is 31.2 Å². The summed E-state index contributed by atoms with van der Waals surface area (Å²) < 4.78 is 12.0. The van der Waals surface area contributed by atoms with Crippen LogP contribution < -0.4 is 10.1 Å². The van der Waals surface area contributed by atoms with Crippen LogP contribution in [-0.2, 0) is 16.1 Å². The van der Waals surface area contributed by atoms with Crippen LogP contribution >= 0.6 is 0 Å². The highest BCUT2D eigenvalue weighted by Gasteiger charge is 2.21. The van der Waals surface area contributed by atoms with E-state index >= 15 is 0 Å². The molecule has 26 heavy (non-hydrogen) atoms. The highest BCUT2D eigenvalue weighted by molar-refractivity contribution is 6.48. The molecule has 2 heterocycles. The van der Waals surface area contributed by atoms with Crippen molar-refractivity contribution in [2.75, 3.05) is 26.1 Å². The van der Waals surface area contributed by atoms with Crippen LogP contribution in [0.3, 0.4) is 0 Å². The van der Waals surface area contributed by atoms with E-state index in [9.17, 15) is 9.59 Å². The Bertz CT molecular complexity index is 932. The van der Waals surface area contributed by atoms with E-state index in [1.807, 2.05) is 28.8 Å².